The molecule has 0 bridgehead atoms. The van der Waals surface area contributed by atoms with E-state index >= 15 is 0 Å². The van der Waals surface area contributed by atoms with Crippen LogP contribution >= 0.6 is 0 Å². The van der Waals surface area contributed by atoms with Crippen molar-refractivity contribution in [1.82, 2.24) is 29.9 Å². The number of benzene rings is 3. The first-order chi connectivity index (χ1) is 29.6. The number of hydrogen-bond acceptors (Lipinski definition) is 10. The van der Waals surface area contributed by atoms with Crippen LogP contribution in [0.15, 0.2) is 79.0 Å². The Bertz CT molecular complexity index is 2420. The van der Waals surface area contributed by atoms with Crippen molar-refractivity contribution < 1.29 is 24.2 Å². The van der Waals surface area contributed by atoms with Crippen molar-refractivity contribution in [3.05, 3.63) is 95.7 Å². The molecule has 0 radical (unpaired) electrons. The Hall–Kier alpha value is -5.99. The number of para-hydroxylation sites is 1. The SMILES string of the molecule is CO[C@@H]1C[C@H](c2ccc(C(=O)N3CCC(CN4CCC(n5cc(C)c6cc(N7CCC(=O)NC7=O)ccc65)CC4)CC3)cc2)CN(c2cc(-c3ccccc3O)nnc2N)C1. The number of nitrogens with two attached hydrogens (primary N) is 1. The number of hydrogen-bond donors (Lipinski definition) is 3. The number of amides is 4. The van der Waals surface area contributed by atoms with Crippen LogP contribution in [0.25, 0.3) is 22.2 Å². The summed E-state index contributed by atoms with van der Waals surface area (Å²) in [5, 5.41) is 22.5. The number of rotatable bonds is 9. The van der Waals surface area contributed by atoms with Crippen LogP contribution in [0, 0.1) is 12.8 Å². The van der Waals surface area contributed by atoms with Gasteiger partial charge in [-0.25, -0.2) is 4.79 Å². The zero-order chi connectivity index (χ0) is 42.2. The van der Waals surface area contributed by atoms with Gasteiger partial charge in [-0.1, -0.05) is 24.3 Å². The number of phenolic OH excluding ortho intramolecular Hbond substituents is 1. The maximum atomic E-state index is 13.7. The van der Waals surface area contributed by atoms with E-state index in [1.807, 2.05) is 41.3 Å². The summed E-state index contributed by atoms with van der Waals surface area (Å²) in [5.41, 5.74) is 13.3. The molecule has 4 aliphatic heterocycles. The van der Waals surface area contributed by atoms with E-state index in [0.717, 1.165) is 87.2 Å². The monoisotopic (exact) mass is 825 g/mol. The number of nitrogens with zero attached hydrogens (tertiary/aromatic N) is 7. The molecule has 9 rings (SSSR count). The van der Waals surface area contributed by atoms with Crippen LogP contribution in [0.4, 0.5) is 22.0 Å². The van der Waals surface area contributed by atoms with Crippen LogP contribution in [-0.2, 0) is 9.53 Å². The third-order valence-corrected chi connectivity index (χ3v) is 13.4. The molecule has 2 aromatic heterocycles. The van der Waals surface area contributed by atoms with E-state index in [-0.39, 0.29) is 35.6 Å². The largest absolute Gasteiger partial charge is 0.507 e. The van der Waals surface area contributed by atoms with Gasteiger partial charge in [-0.05, 0) is 105 Å². The summed E-state index contributed by atoms with van der Waals surface area (Å²) < 4.78 is 8.31. The summed E-state index contributed by atoms with van der Waals surface area (Å²) in [6.45, 7) is 8.56. The topological polar surface area (TPSA) is 162 Å². The van der Waals surface area contributed by atoms with E-state index in [1.54, 1.807) is 24.1 Å². The zero-order valence-corrected chi connectivity index (χ0v) is 35.0. The lowest BCUT2D eigenvalue weighted by molar-refractivity contribution is -0.120. The summed E-state index contributed by atoms with van der Waals surface area (Å²) in [5.74, 6) is 1.04. The van der Waals surface area contributed by atoms with Crippen molar-refractivity contribution in [3.8, 4) is 17.0 Å². The number of phenols is 1. The molecule has 0 aliphatic carbocycles. The van der Waals surface area contributed by atoms with Crippen LogP contribution in [0.3, 0.4) is 0 Å². The molecule has 61 heavy (non-hydrogen) atoms. The Morgan fingerprint density at radius 3 is 2.43 bits per heavy atom. The highest BCUT2D eigenvalue weighted by Crippen LogP contribution is 2.37. The Balaban J connectivity index is 0.769. The van der Waals surface area contributed by atoms with Crippen LogP contribution < -0.4 is 20.9 Å². The van der Waals surface area contributed by atoms with Crippen LogP contribution in [0.5, 0.6) is 5.75 Å². The molecule has 6 heterocycles. The van der Waals surface area contributed by atoms with Gasteiger partial charge in [0, 0.05) is 112 Å². The number of nitrogens with one attached hydrogen (secondary N) is 1. The molecule has 3 aromatic carbocycles. The molecule has 5 aromatic rings. The highest BCUT2D eigenvalue weighted by molar-refractivity contribution is 6.06. The van der Waals surface area contributed by atoms with Crippen LogP contribution in [0.1, 0.15) is 72.0 Å². The molecule has 4 amide bonds. The summed E-state index contributed by atoms with van der Waals surface area (Å²) in [6, 6.07) is 23.3. The fourth-order valence-electron chi connectivity index (χ4n) is 9.97. The smallest absolute Gasteiger partial charge is 0.328 e. The minimum absolute atomic E-state index is 0.0275. The van der Waals surface area contributed by atoms with Gasteiger partial charge in [0.2, 0.25) is 5.91 Å². The Labute approximate surface area is 356 Å². The van der Waals surface area contributed by atoms with Gasteiger partial charge in [-0.2, -0.15) is 0 Å². The van der Waals surface area contributed by atoms with Crippen molar-refractivity contribution in [2.24, 2.45) is 5.92 Å². The molecule has 4 N–H and O–H groups in total. The number of ether oxygens (including phenoxy) is 1. The highest BCUT2D eigenvalue weighted by atomic mass is 16.5. The Morgan fingerprint density at radius 2 is 1.69 bits per heavy atom. The zero-order valence-electron chi connectivity index (χ0n) is 35.0. The fraction of sp³-hybridized carbons (Fsp3) is 0.426. The average molecular weight is 826 g/mol. The van der Waals surface area contributed by atoms with Gasteiger partial charge in [-0.3, -0.25) is 19.8 Å². The molecule has 4 fully saturated rings. The maximum Gasteiger partial charge on any atom is 0.328 e. The molecule has 2 atom stereocenters. The van der Waals surface area contributed by atoms with Crippen LogP contribution in [-0.4, -0.2) is 113 Å². The molecule has 0 unspecified atom stereocenters. The van der Waals surface area contributed by atoms with Gasteiger partial charge in [-0.15, -0.1) is 10.2 Å². The van der Waals surface area contributed by atoms with Crippen LogP contribution in [0.2, 0.25) is 0 Å². The molecule has 0 spiro atoms. The number of anilines is 3. The predicted molar refractivity (Wildman–Crippen MR) is 236 cm³/mol. The normalized spacial score (nSPS) is 21.0. The fourth-order valence-corrected chi connectivity index (χ4v) is 9.97. The minimum atomic E-state index is -0.359. The second-order valence-corrected chi connectivity index (χ2v) is 17.3. The van der Waals surface area contributed by atoms with Crippen molar-refractivity contribution in [1.29, 1.82) is 0 Å². The highest BCUT2D eigenvalue weighted by Gasteiger charge is 2.32. The number of nitrogen functional groups attached to an aromatic ring is 1. The van der Waals surface area contributed by atoms with E-state index in [0.29, 0.717) is 60.7 Å². The van der Waals surface area contributed by atoms with Gasteiger partial charge in [0.1, 0.15) is 5.75 Å². The number of urea groups is 1. The van der Waals surface area contributed by atoms with E-state index in [9.17, 15) is 19.5 Å². The third kappa shape index (κ3) is 8.38. The number of aryl methyl sites for hydroxylation is 1. The molecule has 4 aliphatic rings. The summed E-state index contributed by atoms with van der Waals surface area (Å²) in [4.78, 5) is 46.3. The summed E-state index contributed by atoms with van der Waals surface area (Å²) in [7, 11) is 1.73. The van der Waals surface area contributed by atoms with E-state index in [1.165, 1.54) is 11.1 Å². The molecule has 318 valence electrons. The first-order valence-electron chi connectivity index (χ1n) is 21.6. The number of carbonyl (C=O) groups excluding carboxylic acids is 3. The van der Waals surface area contributed by atoms with Gasteiger partial charge in [0.05, 0.1) is 17.5 Å². The number of imide groups is 1. The van der Waals surface area contributed by atoms with Crippen molar-refractivity contribution in [3.63, 3.8) is 0 Å². The summed E-state index contributed by atoms with van der Waals surface area (Å²) >= 11 is 0. The Kier molecular flexibility index (Phi) is 11.4. The molecular formula is C47H55N9O5. The third-order valence-electron chi connectivity index (χ3n) is 13.4. The number of aromatic nitrogens is 3. The molecule has 14 heteroatoms. The van der Waals surface area contributed by atoms with Crippen molar-refractivity contribution >= 4 is 45.9 Å². The van der Waals surface area contributed by atoms with Crippen molar-refractivity contribution in [2.45, 2.75) is 63.5 Å². The summed E-state index contributed by atoms with van der Waals surface area (Å²) in [6.07, 6.45) is 7.54. The average Bonchev–Trinajstić information content (AvgIpc) is 3.62. The Morgan fingerprint density at radius 1 is 0.918 bits per heavy atom. The minimum Gasteiger partial charge on any atom is -0.507 e. The lowest BCUT2D eigenvalue weighted by atomic mass is 9.88. The van der Waals surface area contributed by atoms with E-state index in [4.69, 9.17) is 10.5 Å². The molecular weight excluding hydrogens is 771 g/mol. The van der Waals surface area contributed by atoms with Gasteiger partial charge >= 0.3 is 6.03 Å². The number of likely N-dealkylation sites (tertiary alicyclic amines) is 2. The number of methoxy groups -OCH3 is 1. The maximum absolute atomic E-state index is 13.7. The molecule has 0 saturated carbocycles. The van der Waals surface area contributed by atoms with E-state index < -0.39 is 0 Å². The van der Waals surface area contributed by atoms with Gasteiger partial charge < -0.3 is 34.8 Å². The first-order valence-corrected chi connectivity index (χ1v) is 21.6. The first kappa shape index (κ1) is 40.4. The molecule has 14 nitrogen and oxygen atoms in total. The van der Waals surface area contributed by atoms with E-state index in [2.05, 4.69) is 67.3 Å². The quantitative estimate of drug-likeness (QED) is 0.153. The van der Waals surface area contributed by atoms with Crippen molar-refractivity contribution in [2.75, 3.05) is 75.0 Å². The standard InChI is InChI=1S/C47H55N9O5/c1-30-26-56(41-12-11-36(24-39(30)41)55-22-17-44(58)49-47(55)60)35-15-18-52(19-16-35)27-31-13-20-53(21-14-31)46(59)33-9-7-32(8-10-33)34-23-37(61-2)29-54(28-34)42-25-40(50-51-45(42)48)38-5-3-4-6-43(38)57/h3-12,24-26,31,34-35,37,57H,13-23,27-29H2,1-2H3,(H2,48,51)(H,49,58,60)/t34-,37+/m0/s1. The second kappa shape index (κ2) is 17.2. The predicted octanol–water partition coefficient (Wildman–Crippen LogP) is 6.34. The number of piperidine rings is 3. The number of fused-ring (bicyclic) bond motifs is 1. The van der Waals surface area contributed by atoms with Gasteiger partial charge in [0.15, 0.2) is 5.82 Å². The number of aromatic hydroxyl groups is 1. The number of carbonyl (C=O) groups is 3. The lowest BCUT2D eigenvalue weighted by Gasteiger charge is -2.39. The second-order valence-electron chi connectivity index (χ2n) is 17.3. The molecule has 4 saturated heterocycles. The lowest BCUT2D eigenvalue weighted by Crippen LogP contribution is -2.49. The van der Waals surface area contributed by atoms with Gasteiger partial charge in [0.25, 0.3) is 5.91 Å².